The van der Waals surface area contributed by atoms with Gasteiger partial charge in [-0.25, -0.2) is 4.39 Å². The van der Waals surface area contributed by atoms with Gasteiger partial charge in [0, 0.05) is 13.5 Å². The lowest BCUT2D eigenvalue weighted by Crippen LogP contribution is -2.04. The normalized spacial score (nSPS) is 10.4. The first-order chi connectivity index (χ1) is 8.58. The second kappa shape index (κ2) is 5.00. The maximum Gasteiger partial charge on any atom is 0.183 e. The highest BCUT2D eigenvalue weighted by atomic mass is 19.1. The Kier molecular flexibility index (Phi) is 3.41. The quantitative estimate of drug-likeness (QED) is 0.845. The summed E-state index contributed by atoms with van der Waals surface area (Å²) in [5.74, 6) is 0.125. The van der Waals surface area contributed by atoms with E-state index in [2.05, 4.69) is 10.5 Å². The van der Waals surface area contributed by atoms with Crippen LogP contribution >= 0.6 is 0 Å². The fraction of sp³-hybridized carbons (Fsp3) is 0.231. The number of carbonyl (C=O) groups excluding carboxylic acids is 1. The van der Waals surface area contributed by atoms with E-state index in [0.717, 1.165) is 5.56 Å². The van der Waals surface area contributed by atoms with E-state index in [0.29, 0.717) is 18.0 Å². The minimum Gasteiger partial charge on any atom is -0.376 e. The Morgan fingerprint density at radius 2 is 2.06 bits per heavy atom. The molecule has 0 amide bonds. The smallest absolute Gasteiger partial charge is 0.183 e. The van der Waals surface area contributed by atoms with Crippen molar-refractivity contribution >= 4 is 11.5 Å². The molecule has 1 heterocycles. The number of nitrogens with one attached hydrogen (secondary N) is 1. The van der Waals surface area contributed by atoms with Gasteiger partial charge in [0.1, 0.15) is 11.5 Å². The van der Waals surface area contributed by atoms with E-state index in [9.17, 15) is 9.18 Å². The van der Waals surface area contributed by atoms with Gasteiger partial charge in [-0.15, -0.1) is 0 Å². The van der Waals surface area contributed by atoms with E-state index in [4.69, 9.17) is 4.52 Å². The van der Waals surface area contributed by atoms with Crippen molar-refractivity contribution in [3.8, 4) is 0 Å². The number of aryl methyl sites for hydroxylation is 1. The maximum absolute atomic E-state index is 12.7. The van der Waals surface area contributed by atoms with E-state index in [1.807, 2.05) is 0 Å². The first-order valence-corrected chi connectivity index (χ1v) is 5.53. The summed E-state index contributed by atoms with van der Waals surface area (Å²) in [6.45, 7) is 3.63. The van der Waals surface area contributed by atoms with Crippen molar-refractivity contribution in [2.24, 2.45) is 0 Å². The molecule has 0 aliphatic heterocycles. The molecule has 0 saturated carbocycles. The molecule has 0 radical (unpaired) electrons. The molecular weight excluding hydrogens is 235 g/mol. The molecule has 94 valence electrons. The first kappa shape index (κ1) is 12.3. The van der Waals surface area contributed by atoms with Crippen molar-refractivity contribution in [2.75, 3.05) is 5.32 Å². The monoisotopic (exact) mass is 248 g/mol. The van der Waals surface area contributed by atoms with Crippen LogP contribution < -0.4 is 5.32 Å². The zero-order chi connectivity index (χ0) is 13.1. The average molecular weight is 248 g/mol. The van der Waals surface area contributed by atoms with Gasteiger partial charge in [0.05, 0.1) is 0 Å². The number of aromatic nitrogens is 1. The minimum absolute atomic E-state index is 0.159. The fourth-order valence-electron chi connectivity index (χ4n) is 1.61. The van der Waals surface area contributed by atoms with Crippen LogP contribution in [0.1, 0.15) is 28.7 Å². The molecular formula is C13H13FN2O2. The third-order valence-corrected chi connectivity index (χ3v) is 2.58. The molecule has 0 saturated heterocycles. The number of halogens is 1. The first-order valence-electron chi connectivity index (χ1n) is 5.53. The summed E-state index contributed by atoms with van der Waals surface area (Å²) in [5, 5.41) is 6.77. The molecule has 2 rings (SSSR count). The number of benzene rings is 1. The lowest BCUT2D eigenvalue weighted by molar-refractivity contribution is 0.101. The molecule has 0 atom stereocenters. The molecule has 0 unspecified atom stereocenters. The Morgan fingerprint density at radius 3 is 2.67 bits per heavy atom. The van der Waals surface area contributed by atoms with Crippen molar-refractivity contribution in [3.05, 3.63) is 47.1 Å². The predicted octanol–water partition coefficient (Wildman–Crippen LogP) is 2.94. The highest BCUT2D eigenvalue weighted by Gasteiger charge is 2.15. The standard InChI is InChI=1S/C13H13FN2O2/c1-8(17)12-13(9(2)18-16-12)15-7-10-3-5-11(14)6-4-10/h3-6,15H,7H2,1-2H3. The van der Waals surface area contributed by atoms with E-state index in [1.54, 1.807) is 19.1 Å². The number of nitrogens with zero attached hydrogens (tertiary/aromatic N) is 1. The predicted molar refractivity (Wildman–Crippen MR) is 65.0 cm³/mol. The second-order valence-electron chi connectivity index (χ2n) is 4.00. The van der Waals surface area contributed by atoms with Gasteiger partial charge in [-0.05, 0) is 24.6 Å². The summed E-state index contributed by atoms with van der Waals surface area (Å²) in [6.07, 6.45) is 0. The molecule has 4 nitrogen and oxygen atoms in total. The lowest BCUT2D eigenvalue weighted by atomic mass is 10.2. The highest BCUT2D eigenvalue weighted by Crippen LogP contribution is 2.21. The summed E-state index contributed by atoms with van der Waals surface area (Å²) >= 11 is 0. The summed E-state index contributed by atoms with van der Waals surface area (Å²) in [4.78, 5) is 11.3. The number of hydrogen-bond acceptors (Lipinski definition) is 4. The Morgan fingerprint density at radius 1 is 1.39 bits per heavy atom. The van der Waals surface area contributed by atoms with E-state index < -0.39 is 0 Å². The van der Waals surface area contributed by atoms with E-state index in [-0.39, 0.29) is 17.3 Å². The van der Waals surface area contributed by atoms with E-state index in [1.165, 1.54) is 19.1 Å². The Labute approximate surface area is 104 Å². The fourth-order valence-corrected chi connectivity index (χ4v) is 1.61. The molecule has 18 heavy (non-hydrogen) atoms. The van der Waals surface area contributed by atoms with Crippen LogP contribution in [0.25, 0.3) is 0 Å². The molecule has 2 aromatic rings. The van der Waals surface area contributed by atoms with Crippen LogP contribution in [0.3, 0.4) is 0 Å². The third-order valence-electron chi connectivity index (χ3n) is 2.58. The van der Waals surface area contributed by atoms with Crippen molar-refractivity contribution in [2.45, 2.75) is 20.4 Å². The molecule has 1 aromatic carbocycles. The number of carbonyl (C=O) groups is 1. The summed E-state index contributed by atoms with van der Waals surface area (Å²) in [7, 11) is 0. The largest absolute Gasteiger partial charge is 0.376 e. The lowest BCUT2D eigenvalue weighted by Gasteiger charge is -2.05. The SMILES string of the molecule is CC(=O)c1noc(C)c1NCc1ccc(F)cc1. The highest BCUT2D eigenvalue weighted by molar-refractivity contribution is 5.97. The van der Waals surface area contributed by atoms with Gasteiger partial charge in [-0.1, -0.05) is 17.3 Å². The van der Waals surface area contributed by atoms with Gasteiger partial charge in [0.15, 0.2) is 17.2 Å². The molecule has 0 fully saturated rings. The van der Waals surface area contributed by atoms with Crippen LogP contribution in [0.15, 0.2) is 28.8 Å². The van der Waals surface area contributed by atoms with Crippen molar-refractivity contribution in [1.82, 2.24) is 5.16 Å². The van der Waals surface area contributed by atoms with Gasteiger partial charge < -0.3 is 9.84 Å². The number of Topliss-reactive ketones (excluding diaryl/α,β-unsaturated/α-hetero) is 1. The van der Waals surface area contributed by atoms with Gasteiger partial charge in [0.2, 0.25) is 0 Å². The maximum atomic E-state index is 12.7. The van der Waals surface area contributed by atoms with Crippen LogP contribution in [-0.2, 0) is 6.54 Å². The number of hydrogen-bond donors (Lipinski definition) is 1. The molecule has 0 bridgehead atoms. The Bertz CT molecular complexity index is 561. The van der Waals surface area contributed by atoms with Crippen LogP contribution in [-0.4, -0.2) is 10.9 Å². The number of rotatable bonds is 4. The van der Waals surface area contributed by atoms with Crippen LogP contribution in [0.5, 0.6) is 0 Å². The summed E-state index contributed by atoms with van der Waals surface area (Å²) < 4.78 is 17.7. The third kappa shape index (κ3) is 2.56. The average Bonchev–Trinajstić information content (AvgIpc) is 2.70. The topological polar surface area (TPSA) is 55.1 Å². The molecule has 1 aromatic heterocycles. The van der Waals surface area contributed by atoms with Crippen molar-refractivity contribution < 1.29 is 13.7 Å². The molecule has 0 aliphatic rings. The molecule has 0 spiro atoms. The van der Waals surface area contributed by atoms with Gasteiger partial charge in [-0.2, -0.15) is 0 Å². The molecule has 5 heteroatoms. The zero-order valence-corrected chi connectivity index (χ0v) is 10.2. The Balaban J connectivity index is 2.12. The van der Waals surface area contributed by atoms with Gasteiger partial charge in [-0.3, -0.25) is 4.79 Å². The molecule has 0 aliphatic carbocycles. The van der Waals surface area contributed by atoms with Crippen LogP contribution in [0, 0.1) is 12.7 Å². The number of anilines is 1. The molecule has 1 N–H and O–H groups in total. The Hall–Kier alpha value is -2.17. The van der Waals surface area contributed by atoms with Crippen LogP contribution in [0.2, 0.25) is 0 Å². The zero-order valence-electron chi connectivity index (χ0n) is 10.2. The summed E-state index contributed by atoms with van der Waals surface area (Å²) in [5.41, 5.74) is 1.79. The summed E-state index contributed by atoms with van der Waals surface area (Å²) in [6, 6.07) is 6.14. The minimum atomic E-state index is -0.274. The number of ketones is 1. The van der Waals surface area contributed by atoms with E-state index >= 15 is 0 Å². The van der Waals surface area contributed by atoms with Crippen molar-refractivity contribution in [1.29, 1.82) is 0 Å². The van der Waals surface area contributed by atoms with Gasteiger partial charge in [0.25, 0.3) is 0 Å². The second-order valence-corrected chi connectivity index (χ2v) is 4.00. The van der Waals surface area contributed by atoms with Crippen LogP contribution in [0.4, 0.5) is 10.1 Å². The van der Waals surface area contributed by atoms with Gasteiger partial charge >= 0.3 is 0 Å². The van der Waals surface area contributed by atoms with Crippen molar-refractivity contribution in [3.63, 3.8) is 0 Å².